The molecule has 5 heteroatoms. The number of rotatable bonds is 4. The van der Waals surface area contributed by atoms with Crippen LogP contribution in [-0.4, -0.2) is 22.2 Å². The number of hydrogen-bond donors (Lipinski definition) is 0. The summed E-state index contributed by atoms with van der Waals surface area (Å²) in [7, 11) is 0. The Labute approximate surface area is 218 Å². The number of amides is 2. The molecule has 6 aromatic rings. The zero-order valence-electron chi connectivity index (χ0n) is 20.2. The van der Waals surface area contributed by atoms with Crippen molar-refractivity contribution in [3.63, 3.8) is 0 Å². The molecular formula is C33H20N2O3. The van der Waals surface area contributed by atoms with Crippen LogP contribution in [0.1, 0.15) is 36.6 Å². The van der Waals surface area contributed by atoms with Gasteiger partial charge in [0.2, 0.25) is 0 Å². The monoisotopic (exact) mass is 492 g/mol. The smallest absolute Gasteiger partial charge is 0.268 e. The first-order valence-electron chi connectivity index (χ1n) is 12.3. The van der Waals surface area contributed by atoms with Crippen molar-refractivity contribution < 1.29 is 14.4 Å². The summed E-state index contributed by atoms with van der Waals surface area (Å²) in [6.07, 6.45) is 0. The Kier molecular flexibility index (Phi) is 4.85. The zero-order valence-corrected chi connectivity index (χ0v) is 20.2. The van der Waals surface area contributed by atoms with Crippen molar-refractivity contribution in [1.82, 2.24) is 4.57 Å². The third-order valence-electron chi connectivity index (χ3n) is 7.12. The van der Waals surface area contributed by atoms with Crippen molar-refractivity contribution in [2.45, 2.75) is 0 Å². The van der Waals surface area contributed by atoms with Crippen LogP contribution in [0, 0.1) is 0 Å². The maximum absolute atomic E-state index is 13.8. The standard InChI is InChI=1S/C33H20N2O3/c36-31(21-10-3-1-4-11-21)22-18-19-25-24-14-7-8-16-27(24)35(29(25)20-22)28-17-9-15-26-30(28)33(38)34(32(26)37)23-12-5-2-6-13-23/h1-20H. The van der Waals surface area contributed by atoms with Crippen molar-refractivity contribution in [2.24, 2.45) is 0 Å². The van der Waals surface area contributed by atoms with Crippen LogP contribution < -0.4 is 4.90 Å². The number of carbonyl (C=O) groups excluding carboxylic acids is 3. The maximum Gasteiger partial charge on any atom is 0.268 e. The van der Waals surface area contributed by atoms with Gasteiger partial charge in [-0.2, -0.15) is 0 Å². The summed E-state index contributed by atoms with van der Waals surface area (Å²) in [5, 5.41) is 1.95. The van der Waals surface area contributed by atoms with Gasteiger partial charge in [-0.15, -0.1) is 0 Å². The summed E-state index contributed by atoms with van der Waals surface area (Å²) in [6.45, 7) is 0. The van der Waals surface area contributed by atoms with Gasteiger partial charge in [0.1, 0.15) is 0 Å². The quantitative estimate of drug-likeness (QED) is 0.201. The molecule has 0 saturated carbocycles. The van der Waals surface area contributed by atoms with Crippen LogP contribution in [0.2, 0.25) is 0 Å². The molecule has 0 bridgehead atoms. The number of fused-ring (bicyclic) bond motifs is 4. The first-order chi connectivity index (χ1) is 18.6. The molecule has 0 N–H and O–H groups in total. The second kappa shape index (κ2) is 8.39. The summed E-state index contributed by atoms with van der Waals surface area (Å²) in [6, 6.07) is 37.1. The van der Waals surface area contributed by atoms with E-state index in [1.807, 2.05) is 77.4 Å². The van der Waals surface area contributed by atoms with E-state index in [2.05, 4.69) is 0 Å². The molecule has 2 heterocycles. The molecule has 0 radical (unpaired) electrons. The van der Waals surface area contributed by atoms with Gasteiger partial charge in [-0.05, 0) is 36.4 Å². The number of para-hydroxylation sites is 2. The molecule has 1 aliphatic rings. The molecular weight excluding hydrogens is 472 g/mol. The Morgan fingerprint density at radius 2 is 1.24 bits per heavy atom. The van der Waals surface area contributed by atoms with Gasteiger partial charge in [0.15, 0.2) is 5.78 Å². The van der Waals surface area contributed by atoms with Gasteiger partial charge in [0.05, 0.1) is 33.5 Å². The van der Waals surface area contributed by atoms with Gasteiger partial charge < -0.3 is 4.57 Å². The van der Waals surface area contributed by atoms with Crippen molar-refractivity contribution in [1.29, 1.82) is 0 Å². The number of hydrogen-bond acceptors (Lipinski definition) is 3. The molecule has 0 saturated heterocycles. The van der Waals surface area contributed by atoms with Crippen molar-refractivity contribution >= 4 is 45.1 Å². The topological polar surface area (TPSA) is 59.4 Å². The Bertz CT molecular complexity index is 1920. The third-order valence-corrected chi connectivity index (χ3v) is 7.12. The van der Waals surface area contributed by atoms with E-state index in [1.54, 1.807) is 48.5 Å². The van der Waals surface area contributed by atoms with Gasteiger partial charge in [-0.25, -0.2) is 4.90 Å². The highest BCUT2D eigenvalue weighted by molar-refractivity contribution is 6.35. The number of anilines is 1. The third kappa shape index (κ3) is 3.15. The molecule has 0 aliphatic carbocycles. The summed E-state index contributed by atoms with van der Waals surface area (Å²) in [4.78, 5) is 41.8. The van der Waals surface area contributed by atoms with Gasteiger partial charge in [-0.1, -0.05) is 84.9 Å². The number of imide groups is 1. The lowest BCUT2D eigenvalue weighted by Crippen LogP contribution is -2.29. The van der Waals surface area contributed by atoms with Crippen LogP contribution in [0.5, 0.6) is 0 Å². The molecule has 2 amide bonds. The normalized spacial score (nSPS) is 12.9. The van der Waals surface area contributed by atoms with Crippen LogP contribution >= 0.6 is 0 Å². The molecule has 0 fully saturated rings. The molecule has 38 heavy (non-hydrogen) atoms. The minimum Gasteiger partial charge on any atom is -0.308 e. The van der Waals surface area contributed by atoms with Gasteiger partial charge >= 0.3 is 0 Å². The molecule has 5 nitrogen and oxygen atoms in total. The first kappa shape index (κ1) is 21.9. The van der Waals surface area contributed by atoms with Gasteiger partial charge in [-0.3, -0.25) is 14.4 Å². The Morgan fingerprint density at radius 1 is 0.553 bits per heavy atom. The fourth-order valence-corrected chi connectivity index (χ4v) is 5.39. The van der Waals surface area contributed by atoms with Crippen LogP contribution in [0.15, 0.2) is 121 Å². The lowest BCUT2D eigenvalue weighted by molar-refractivity contribution is 0.0925. The van der Waals surface area contributed by atoms with Gasteiger partial charge in [0.25, 0.3) is 11.8 Å². The van der Waals surface area contributed by atoms with Gasteiger partial charge in [0, 0.05) is 21.9 Å². The highest BCUT2D eigenvalue weighted by Gasteiger charge is 2.39. The molecule has 7 rings (SSSR count). The summed E-state index contributed by atoms with van der Waals surface area (Å²) >= 11 is 0. The Balaban J connectivity index is 1.48. The zero-order chi connectivity index (χ0) is 25.8. The second-order valence-corrected chi connectivity index (χ2v) is 9.26. The van der Waals surface area contributed by atoms with E-state index in [9.17, 15) is 14.4 Å². The van der Waals surface area contributed by atoms with E-state index in [-0.39, 0.29) is 17.6 Å². The van der Waals surface area contributed by atoms with Crippen LogP contribution in [0.3, 0.4) is 0 Å². The number of ketones is 1. The predicted octanol–water partition coefficient (Wildman–Crippen LogP) is 6.82. The molecule has 1 aliphatic heterocycles. The maximum atomic E-state index is 13.8. The largest absolute Gasteiger partial charge is 0.308 e. The number of nitrogens with zero attached hydrogens (tertiary/aromatic N) is 2. The fraction of sp³-hybridized carbons (Fsp3) is 0. The molecule has 180 valence electrons. The minimum absolute atomic E-state index is 0.0795. The Hall–Kier alpha value is -5.29. The average Bonchev–Trinajstić information content (AvgIpc) is 3.44. The minimum atomic E-state index is -0.366. The van der Waals surface area contributed by atoms with E-state index in [0.29, 0.717) is 33.6 Å². The first-order valence-corrected chi connectivity index (χ1v) is 12.3. The van der Waals surface area contributed by atoms with E-state index in [4.69, 9.17) is 0 Å². The molecule has 5 aromatic carbocycles. The second-order valence-electron chi connectivity index (χ2n) is 9.26. The van der Waals surface area contributed by atoms with Crippen LogP contribution in [0.25, 0.3) is 27.5 Å². The van der Waals surface area contributed by atoms with Crippen molar-refractivity contribution in [3.05, 3.63) is 144 Å². The van der Waals surface area contributed by atoms with E-state index < -0.39 is 0 Å². The number of carbonyl (C=O) groups is 3. The Morgan fingerprint density at radius 3 is 2.03 bits per heavy atom. The SMILES string of the molecule is O=C(c1ccccc1)c1ccc2c3ccccc3n(-c3cccc4c3C(=O)N(c3ccccc3)C4=O)c2c1. The highest BCUT2D eigenvalue weighted by atomic mass is 16.2. The predicted molar refractivity (Wildman–Crippen MR) is 148 cm³/mol. The lowest BCUT2D eigenvalue weighted by atomic mass is 10.0. The average molecular weight is 493 g/mol. The van der Waals surface area contributed by atoms with Crippen LogP contribution in [0.4, 0.5) is 5.69 Å². The van der Waals surface area contributed by atoms with E-state index in [1.165, 1.54) is 4.90 Å². The molecule has 1 aromatic heterocycles. The fourth-order valence-electron chi connectivity index (χ4n) is 5.39. The number of benzene rings is 5. The van der Waals surface area contributed by atoms with E-state index in [0.717, 1.165) is 21.8 Å². The molecule has 0 spiro atoms. The summed E-state index contributed by atoms with van der Waals surface area (Å²) in [5.74, 6) is -0.794. The molecule has 0 atom stereocenters. The number of aromatic nitrogens is 1. The molecule has 0 unspecified atom stereocenters. The highest BCUT2D eigenvalue weighted by Crippen LogP contribution is 2.38. The summed E-state index contributed by atoms with van der Waals surface area (Å²) < 4.78 is 1.99. The summed E-state index contributed by atoms with van der Waals surface area (Å²) in [5.41, 5.74) is 4.68. The van der Waals surface area contributed by atoms with Crippen molar-refractivity contribution in [2.75, 3.05) is 4.90 Å². The van der Waals surface area contributed by atoms with Crippen molar-refractivity contribution in [3.8, 4) is 5.69 Å². The van der Waals surface area contributed by atoms with Crippen LogP contribution in [-0.2, 0) is 0 Å². The van der Waals surface area contributed by atoms with E-state index >= 15 is 0 Å². The lowest BCUT2D eigenvalue weighted by Gasteiger charge is -2.14.